The summed E-state index contributed by atoms with van der Waals surface area (Å²) in [7, 11) is 0. The smallest absolute Gasteiger partial charge is 0.264 e. The zero-order chi connectivity index (χ0) is 21.3. The van der Waals surface area contributed by atoms with Crippen LogP contribution in [0.2, 0.25) is 5.02 Å². The van der Waals surface area contributed by atoms with Crippen LogP contribution >= 0.6 is 22.9 Å². The summed E-state index contributed by atoms with van der Waals surface area (Å²) in [6.45, 7) is 7.37. The fourth-order valence-corrected chi connectivity index (χ4v) is 5.13. The molecule has 4 rings (SSSR count). The lowest BCUT2D eigenvalue weighted by Crippen LogP contribution is -2.48. The van der Waals surface area contributed by atoms with Crippen molar-refractivity contribution in [2.45, 2.75) is 33.2 Å². The number of carbonyl (C=O) groups excluding carboxylic acids is 1. The molecule has 0 saturated carbocycles. The van der Waals surface area contributed by atoms with Gasteiger partial charge in [-0.05, 0) is 37.1 Å². The second-order valence-corrected chi connectivity index (χ2v) is 9.03. The van der Waals surface area contributed by atoms with E-state index in [0.29, 0.717) is 39.8 Å². The van der Waals surface area contributed by atoms with Gasteiger partial charge in [-0.3, -0.25) is 14.2 Å². The second kappa shape index (κ2) is 8.78. The Bertz CT molecular complexity index is 1130. The number of hydrogen-bond acceptors (Lipinski definition) is 5. The van der Waals surface area contributed by atoms with Gasteiger partial charge in [0.25, 0.3) is 11.5 Å². The molecule has 1 amide bonds. The fourth-order valence-electron chi connectivity index (χ4n) is 3.84. The van der Waals surface area contributed by atoms with Gasteiger partial charge in [-0.1, -0.05) is 31.0 Å². The maximum absolute atomic E-state index is 13.2. The summed E-state index contributed by atoms with van der Waals surface area (Å²) < 4.78 is 1.66. The lowest BCUT2D eigenvalue weighted by Gasteiger charge is -2.36. The predicted molar refractivity (Wildman–Crippen MR) is 123 cm³/mol. The van der Waals surface area contributed by atoms with E-state index in [9.17, 15) is 9.59 Å². The molecule has 1 aliphatic heterocycles. The van der Waals surface area contributed by atoms with Crippen LogP contribution in [0.3, 0.4) is 0 Å². The van der Waals surface area contributed by atoms with Crippen molar-refractivity contribution >= 4 is 44.7 Å². The number of fused-ring (bicyclic) bond motifs is 1. The molecule has 0 N–H and O–H groups in total. The molecule has 0 unspecified atom stereocenters. The van der Waals surface area contributed by atoms with Crippen LogP contribution in [0.1, 0.15) is 35.0 Å². The summed E-state index contributed by atoms with van der Waals surface area (Å²) in [6.07, 6.45) is 3.55. The number of rotatable bonds is 5. The van der Waals surface area contributed by atoms with Crippen LogP contribution in [0, 0.1) is 6.92 Å². The first kappa shape index (κ1) is 20.9. The molecule has 6 nitrogen and oxygen atoms in total. The summed E-state index contributed by atoms with van der Waals surface area (Å²) in [6, 6.07) is 7.79. The molecular weight excluding hydrogens is 420 g/mol. The van der Waals surface area contributed by atoms with Crippen molar-refractivity contribution in [2.75, 3.05) is 31.1 Å². The lowest BCUT2D eigenvalue weighted by molar-refractivity contribution is 0.0751. The van der Waals surface area contributed by atoms with Gasteiger partial charge < -0.3 is 9.80 Å². The van der Waals surface area contributed by atoms with Crippen LogP contribution < -0.4 is 10.5 Å². The number of carbonyl (C=O) groups is 1. The van der Waals surface area contributed by atoms with Gasteiger partial charge in [0.1, 0.15) is 4.83 Å². The van der Waals surface area contributed by atoms with Gasteiger partial charge in [0.2, 0.25) is 0 Å². The zero-order valence-corrected chi connectivity index (χ0v) is 18.8. The highest BCUT2D eigenvalue weighted by Gasteiger charge is 2.26. The van der Waals surface area contributed by atoms with Crippen LogP contribution in [0.4, 0.5) is 5.69 Å². The second-order valence-electron chi connectivity index (χ2n) is 7.59. The Kier molecular flexibility index (Phi) is 6.11. The van der Waals surface area contributed by atoms with E-state index < -0.39 is 0 Å². The van der Waals surface area contributed by atoms with Crippen molar-refractivity contribution in [2.24, 2.45) is 0 Å². The van der Waals surface area contributed by atoms with Crippen molar-refractivity contribution < 1.29 is 4.79 Å². The molecule has 0 aliphatic carbocycles. The van der Waals surface area contributed by atoms with E-state index in [2.05, 4.69) is 16.8 Å². The predicted octanol–water partition coefficient (Wildman–Crippen LogP) is 4.18. The normalized spacial score (nSPS) is 14.5. The largest absolute Gasteiger partial charge is 0.368 e. The van der Waals surface area contributed by atoms with E-state index >= 15 is 0 Å². The van der Waals surface area contributed by atoms with Gasteiger partial charge >= 0.3 is 0 Å². The van der Waals surface area contributed by atoms with Gasteiger partial charge in [0, 0.05) is 43.4 Å². The molecule has 0 radical (unpaired) electrons. The van der Waals surface area contributed by atoms with Crippen molar-refractivity contribution in [3.8, 4) is 0 Å². The number of aryl methyl sites for hydroxylation is 2. The highest BCUT2D eigenvalue weighted by molar-refractivity contribution is 7.20. The number of thiophene rings is 1. The topological polar surface area (TPSA) is 58.4 Å². The summed E-state index contributed by atoms with van der Waals surface area (Å²) >= 11 is 7.43. The average molecular weight is 445 g/mol. The third-order valence-corrected chi connectivity index (χ3v) is 7.03. The third-order valence-electron chi connectivity index (χ3n) is 5.60. The molecular formula is C22H25ClN4O2S. The Morgan fingerprint density at radius 3 is 2.70 bits per heavy atom. The van der Waals surface area contributed by atoms with Crippen LogP contribution in [0.5, 0.6) is 0 Å². The Hall–Kier alpha value is -2.38. The highest BCUT2D eigenvalue weighted by Crippen LogP contribution is 2.29. The lowest BCUT2D eigenvalue weighted by atomic mass is 10.2. The Morgan fingerprint density at radius 1 is 1.23 bits per heavy atom. The highest BCUT2D eigenvalue weighted by atomic mass is 35.5. The number of hydrogen-bond donors (Lipinski definition) is 0. The molecule has 1 aromatic carbocycles. The van der Waals surface area contributed by atoms with E-state index in [1.165, 1.54) is 11.3 Å². The van der Waals surface area contributed by atoms with Gasteiger partial charge in [-0.2, -0.15) is 0 Å². The van der Waals surface area contributed by atoms with E-state index in [4.69, 9.17) is 11.6 Å². The molecule has 1 saturated heterocycles. The molecule has 2 aromatic heterocycles. The average Bonchev–Trinajstić information content (AvgIpc) is 3.10. The molecule has 1 fully saturated rings. The van der Waals surface area contributed by atoms with Gasteiger partial charge in [-0.15, -0.1) is 11.3 Å². The number of benzene rings is 1. The quantitative estimate of drug-likeness (QED) is 0.592. The van der Waals surface area contributed by atoms with Crippen molar-refractivity contribution in [3.63, 3.8) is 0 Å². The molecule has 0 bridgehead atoms. The Morgan fingerprint density at radius 2 is 2.00 bits per heavy atom. The molecule has 3 heterocycles. The first-order valence-electron chi connectivity index (χ1n) is 10.3. The van der Waals surface area contributed by atoms with Crippen molar-refractivity contribution in [1.29, 1.82) is 0 Å². The Balaban J connectivity index is 1.53. The van der Waals surface area contributed by atoms with E-state index in [1.807, 2.05) is 36.1 Å². The maximum atomic E-state index is 13.2. The minimum atomic E-state index is -0.0491. The monoisotopic (exact) mass is 444 g/mol. The molecule has 0 atom stereocenters. The first-order valence-corrected chi connectivity index (χ1v) is 11.5. The molecule has 158 valence electrons. The van der Waals surface area contributed by atoms with Crippen molar-refractivity contribution in [1.82, 2.24) is 14.5 Å². The number of nitrogens with zero attached hydrogens (tertiary/aromatic N) is 4. The zero-order valence-electron chi connectivity index (χ0n) is 17.2. The summed E-state index contributed by atoms with van der Waals surface area (Å²) in [5.41, 5.74) is 1.78. The molecule has 1 aliphatic rings. The number of unbranched alkanes of at least 4 members (excludes halogenated alkanes) is 1. The van der Waals surface area contributed by atoms with E-state index in [1.54, 1.807) is 10.9 Å². The number of aromatic nitrogens is 2. The van der Waals surface area contributed by atoms with Crippen molar-refractivity contribution in [3.05, 3.63) is 56.4 Å². The molecule has 8 heteroatoms. The minimum absolute atomic E-state index is 0.0132. The Labute approximate surface area is 184 Å². The number of anilines is 1. The van der Waals surface area contributed by atoms with Gasteiger partial charge in [-0.25, -0.2) is 4.98 Å². The van der Waals surface area contributed by atoms with Crippen LogP contribution in [0.15, 0.2) is 35.4 Å². The van der Waals surface area contributed by atoms with Crippen LogP contribution in [-0.4, -0.2) is 46.5 Å². The van der Waals surface area contributed by atoms with Gasteiger partial charge in [0.15, 0.2) is 0 Å². The van der Waals surface area contributed by atoms with Crippen LogP contribution in [-0.2, 0) is 6.54 Å². The number of piperazine rings is 1. The minimum Gasteiger partial charge on any atom is -0.368 e. The van der Waals surface area contributed by atoms with E-state index in [-0.39, 0.29) is 11.5 Å². The third kappa shape index (κ3) is 3.96. The standard InChI is InChI=1S/C22H25ClN4O2S/c1-3-4-8-27-14-24-20-18(21(27)28)15(2)19(30-20)22(29)26-11-9-25(10-12-26)17-7-5-6-16(23)13-17/h5-7,13-14H,3-4,8-12H2,1-2H3. The number of amides is 1. The number of halogens is 1. The summed E-state index contributed by atoms with van der Waals surface area (Å²) in [5, 5.41) is 1.29. The molecule has 3 aromatic rings. The maximum Gasteiger partial charge on any atom is 0.264 e. The van der Waals surface area contributed by atoms with E-state index in [0.717, 1.165) is 37.2 Å². The first-order chi connectivity index (χ1) is 14.5. The SMILES string of the molecule is CCCCn1cnc2sc(C(=O)N3CCN(c4cccc(Cl)c4)CC3)c(C)c2c1=O. The van der Waals surface area contributed by atoms with Crippen LogP contribution in [0.25, 0.3) is 10.2 Å². The fraction of sp³-hybridized carbons (Fsp3) is 0.409. The van der Waals surface area contributed by atoms with Gasteiger partial charge in [0.05, 0.1) is 16.6 Å². The molecule has 30 heavy (non-hydrogen) atoms. The molecule has 0 spiro atoms. The summed E-state index contributed by atoms with van der Waals surface area (Å²) in [4.78, 5) is 35.9. The summed E-state index contributed by atoms with van der Waals surface area (Å²) in [5.74, 6) is -0.0132.